The van der Waals surface area contributed by atoms with Crippen molar-refractivity contribution in [2.45, 2.75) is 12.0 Å². The minimum Gasteiger partial charge on any atom is -0.490 e. The number of morpholine rings is 1. The lowest BCUT2D eigenvalue weighted by molar-refractivity contribution is -0.142. The van der Waals surface area contributed by atoms with E-state index in [0.717, 1.165) is 0 Å². The summed E-state index contributed by atoms with van der Waals surface area (Å²) < 4.78 is 24.5. The van der Waals surface area contributed by atoms with Crippen LogP contribution in [-0.2, 0) is 9.53 Å². The average Bonchev–Trinajstić information content (AvgIpc) is 2.67. The summed E-state index contributed by atoms with van der Waals surface area (Å²) in [5, 5.41) is 0. The number of benzene rings is 1. The minimum absolute atomic E-state index is 0.00638. The molecule has 3 rings (SSSR count). The minimum atomic E-state index is -1.08. The molecule has 1 atom stereocenters. The molecule has 0 spiro atoms. The van der Waals surface area contributed by atoms with E-state index in [2.05, 4.69) is 4.98 Å². The van der Waals surface area contributed by atoms with Crippen LogP contribution in [0.15, 0.2) is 48.7 Å². The number of carbonyl (C=O) groups excluding carboxylic acids is 2. The summed E-state index contributed by atoms with van der Waals surface area (Å²) in [6, 6.07) is 10.6. The van der Waals surface area contributed by atoms with Crippen LogP contribution in [0, 0.1) is 5.82 Å². The van der Waals surface area contributed by atoms with Crippen molar-refractivity contribution < 1.29 is 23.5 Å². The molecule has 1 fully saturated rings. The van der Waals surface area contributed by atoms with E-state index in [0.29, 0.717) is 18.0 Å². The van der Waals surface area contributed by atoms with Crippen molar-refractivity contribution in [2.24, 2.45) is 5.73 Å². The first-order valence-corrected chi connectivity index (χ1v) is 8.48. The molecule has 0 radical (unpaired) electrons. The van der Waals surface area contributed by atoms with Crippen LogP contribution in [0.2, 0.25) is 0 Å². The normalized spacial score (nSPS) is 19.5. The molecule has 7 nitrogen and oxygen atoms in total. The molecule has 142 valence electrons. The predicted octanol–water partition coefficient (Wildman–Crippen LogP) is 1.39. The second kappa shape index (κ2) is 8.13. The summed E-state index contributed by atoms with van der Waals surface area (Å²) >= 11 is 0. The van der Waals surface area contributed by atoms with Crippen molar-refractivity contribution in [1.82, 2.24) is 9.88 Å². The van der Waals surface area contributed by atoms with Gasteiger partial charge >= 0.3 is 0 Å². The van der Waals surface area contributed by atoms with Crippen molar-refractivity contribution >= 4 is 11.8 Å². The standard InChI is InChI=1S/C19H20FN3O4/c20-14-4-6-15(7-5-14)26-13-19(11-17(21)24)12-23(9-10-27-19)18(25)16-3-1-2-8-22-16/h1-8H,9-13H2,(H2,21,24). The van der Waals surface area contributed by atoms with Crippen LogP contribution in [0.3, 0.4) is 0 Å². The van der Waals surface area contributed by atoms with Gasteiger partial charge in [-0.3, -0.25) is 14.6 Å². The lowest BCUT2D eigenvalue weighted by Crippen LogP contribution is -2.58. The maximum atomic E-state index is 13.0. The number of hydrogen-bond donors (Lipinski definition) is 1. The van der Waals surface area contributed by atoms with E-state index >= 15 is 0 Å². The molecule has 27 heavy (non-hydrogen) atoms. The second-order valence-corrected chi connectivity index (χ2v) is 6.36. The van der Waals surface area contributed by atoms with Crippen molar-refractivity contribution in [3.05, 3.63) is 60.2 Å². The second-order valence-electron chi connectivity index (χ2n) is 6.36. The van der Waals surface area contributed by atoms with Crippen LogP contribution in [-0.4, -0.2) is 53.6 Å². The molecule has 2 aromatic rings. The van der Waals surface area contributed by atoms with Gasteiger partial charge in [-0.05, 0) is 36.4 Å². The number of pyridine rings is 1. The van der Waals surface area contributed by atoms with Gasteiger partial charge in [-0.15, -0.1) is 0 Å². The van der Waals surface area contributed by atoms with Gasteiger partial charge in [0.25, 0.3) is 5.91 Å². The predicted molar refractivity (Wildman–Crippen MR) is 94.5 cm³/mol. The van der Waals surface area contributed by atoms with E-state index in [4.69, 9.17) is 15.2 Å². The van der Waals surface area contributed by atoms with Gasteiger partial charge in [0.15, 0.2) is 0 Å². The molecular formula is C19H20FN3O4. The van der Waals surface area contributed by atoms with Gasteiger partial charge in [0, 0.05) is 12.7 Å². The Labute approximate surface area is 155 Å². The monoisotopic (exact) mass is 373 g/mol. The highest BCUT2D eigenvalue weighted by molar-refractivity contribution is 5.92. The topological polar surface area (TPSA) is 94.8 Å². The van der Waals surface area contributed by atoms with Crippen molar-refractivity contribution in [3.8, 4) is 5.75 Å². The Morgan fingerprint density at radius 1 is 1.26 bits per heavy atom. The van der Waals surface area contributed by atoms with Crippen LogP contribution in [0.25, 0.3) is 0 Å². The molecule has 2 amide bonds. The smallest absolute Gasteiger partial charge is 0.272 e. The van der Waals surface area contributed by atoms with Crippen LogP contribution in [0.1, 0.15) is 16.9 Å². The summed E-state index contributed by atoms with van der Waals surface area (Å²) in [7, 11) is 0. The Morgan fingerprint density at radius 3 is 2.70 bits per heavy atom. The Kier molecular flexibility index (Phi) is 5.66. The van der Waals surface area contributed by atoms with Crippen molar-refractivity contribution in [3.63, 3.8) is 0 Å². The first-order valence-electron chi connectivity index (χ1n) is 8.48. The summed E-state index contributed by atoms with van der Waals surface area (Å²) in [4.78, 5) is 29.9. The van der Waals surface area contributed by atoms with Crippen LogP contribution in [0.4, 0.5) is 4.39 Å². The van der Waals surface area contributed by atoms with E-state index in [-0.39, 0.29) is 37.9 Å². The highest BCUT2D eigenvalue weighted by atomic mass is 19.1. The molecule has 1 aromatic carbocycles. The Morgan fingerprint density at radius 2 is 2.04 bits per heavy atom. The van der Waals surface area contributed by atoms with Crippen molar-refractivity contribution in [2.75, 3.05) is 26.3 Å². The van der Waals surface area contributed by atoms with Crippen LogP contribution < -0.4 is 10.5 Å². The molecule has 1 unspecified atom stereocenters. The highest BCUT2D eigenvalue weighted by Gasteiger charge is 2.41. The van der Waals surface area contributed by atoms with E-state index in [9.17, 15) is 14.0 Å². The summed E-state index contributed by atoms with van der Waals surface area (Å²) in [5.74, 6) is -0.772. The Balaban J connectivity index is 1.75. The first-order chi connectivity index (χ1) is 13.0. The van der Waals surface area contributed by atoms with Gasteiger partial charge in [-0.1, -0.05) is 6.07 Å². The number of rotatable bonds is 6. The molecule has 2 heterocycles. The molecule has 8 heteroatoms. The van der Waals surface area contributed by atoms with Crippen molar-refractivity contribution in [1.29, 1.82) is 0 Å². The number of carbonyl (C=O) groups is 2. The van der Waals surface area contributed by atoms with Crippen LogP contribution >= 0.6 is 0 Å². The molecule has 0 saturated carbocycles. The number of halogens is 1. The zero-order valence-corrected chi connectivity index (χ0v) is 14.6. The molecule has 1 aliphatic heterocycles. The van der Waals surface area contributed by atoms with Gasteiger partial charge < -0.3 is 20.1 Å². The van der Waals surface area contributed by atoms with E-state index < -0.39 is 11.5 Å². The number of amides is 2. The fourth-order valence-electron chi connectivity index (χ4n) is 2.98. The first kappa shape index (κ1) is 18.8. The molecule has 1 saturated heterocycles. The van der Waals surface area contributed by atoms with Crippen LogP contribution in [0.5, 0.6) is 5.75 Å². The maximum absolute atomic E-state index is 13.0. The average molecular weight is 373 g/mol. The molecule has 1 aromatic heterocycles. The number of hydrogen-bond acceptors (Lipinski definition) is 5. The molecule has 0 bridgehead atoms. The molecule has 0 aliphatic carbocycles. The maximum Gasteiger partial charge on any atom is 0.272 e. The summed E-state index contributed by atoms with van der Waals surface area (Å²) in [6.45, 7) is 0.727. The van der Waals surface area contributed by atoms with E-state index in [1.165, 1.54) is 24.3 Å². The number of nitrogens with two attached hydrogens (primary N) is 1. The molecule has 1 aliphatic rings. The summed E-state index contributed by atoms with van der Waals surface area (Å²) in [6.07, 6.45) is 1.43. The van der Waals surface area contributed by atoms with Gasteiger partial charge in [-0.25, -0.2) is 4.39 Å². The molecule has 2 N–H and O–H groups in total. The fourth-order valence-corrected chi connectivity index (χ4v) is 2.98. The summed E-state index contributed by atoms with van der Waals surface area (Å²) in [5.41, 5.74) is 4.62. The van der Waals surface area contributed by atoms with E-state index in [1.54, 1.807) is 29.3 Å². The zero-order valence-electron chi connectivity index (χ0n) is 14.6. The third kappa shape index (κ3) is 4.79. The SMILES string of the molecule is NC(=O)CC1(COc2ccc(F)cc2)CN(C(=O)c2ccccn2)CCO1. The number of aromatic nitrogens is 1. The Hall–Kier alpha value is -3.00. The Bertz CT molecular complexity index is 800. The van der Waals surface area contributed by atoms with Gasteiger partial charge in [0.05, 0.1) is 19.6 Å². The largest absolute Gasteiger partial charge is 0.490 e. The lowest BCUT2D eigenvalue weighted by Gasteiger charge is -2.41. The number of nitrogens with zero attached hydrogens (tertiary/aromatic N) is 2. The third-order valence-electron chi connectivity index (χ3n) is 4.23. The zero-order chi connectivity index (χ0) is 19.3. The third-order valence-corrected chi connectivity index (χ3v) is 4.23. The highest BCUT2D eigenvalue weighted by Crippen LogP contribution is 2.25. The number of ether oxygens (including phenoxy) is 2. The quantitative estimate of drug-likeness (QED) is 0.826. The molecular weight excluding hydrogens is 353 g/mol. The van der Waals surface area contributed by atoms with Gasteiger partial charge in [0.1, 0.15) is 29.5 Å². The lowest BCUT2D eigenvalue weighted by atomic mass is 9.97. The fraction of sp³-hybridized carbons (Fsp3) is 0.316. The van der Waals surface area contributed by atoms with Gasteiger partial charge in [-0.2, -0.15) is 0 Å². The number of primary amides is 1. The van der Waals surface area contributed by atoms with E-state index in [1.807, 2.05) is 0 Å². The van der Waals surface area contributed by atoms with Gasteiger partial charge in [0.2, 0.25) is 5.91 Å².